The van der Waals surface area contributed by atoms with Gasteiger partial charge in [-0.3, -0.25) is 9.10 Å². The fourth-order valence-corrected chi connectivity index (χ4v) is 4.70. The lowest BCUT2D eigenvalue weighted by Crippen LogP contribution is -2.41. The SMILES string of the molecule is N#Cc1ccc(S(=O)(=O)N2CC(=O)Nc3ccccc32)s1. The van der Waals surface area contributed by atoms with Crippen LogP contribution in [0.1, 0.15) is 4.88 Å². The Morgan fingerprint density at radius 2 is 2.00 bits per heavy atom. The van der Waals surface area contributed by atoms with Crippen LogP contribution in [-0.2, 0) is 14.8 Å². The van der Waals surface area contributed by atoms with Crippen LogP contribution in [0.4, 0.5) is 11.4 Å². The molecule has 8 heteroatoms. The molecule has 1 aliphatic heterocycles. The van der Waals surface area contributed by atoms with Gasteiger partial charge in [-0.05, 0) is 24.3 Å². The second-order valence-electron chi connectivity index (χ2n) is 4.31. The molecule has 2 aromatic rings. The van der Waals surface area contributed by atoms with E-state index in [1.165, 1.54) is 12.1 Å². The Bertz CT molecular complexity index is 865. The number of thiophene rings is 1. The number of hydrogen-bond donors (Lipinski definition) is 1. The van der Waals surface area contributed by atoms with Crippen LogP contribution >= 0.6 is 11.3 Å². The summed E-state index contributed by atoms with van der Waals surface area (Å²) < 4.78 is 26.5. The number of nitriles is 1. The number of nitrogens with zero attached hydrogens (tertiary/aromatic N) is 2. The highest BCUT2D eigenvalue weighted by molar-refractivity contribution is 7.94. The van der Waals surface area contributed by atoms with Crippen LogP contribution in [-0.4, -0.2) is 20.9 Å². The molecule has 0 radical (unpaired) electrons. The van der Waals surface area contributed by atoms with Crippen molar-refractivity contribution in [2.24, 2.45) is 0 Å². The Labute approximate surface area is 125 Å². The van der Waals surface area contributed by atoms with Crippen molar-refractivity contribution in [3.8, 4) is 6.07 Å². The molecule has 3 rings (SSSR count). The smallest absolute Gasteiger partial charge is 0.274 e. The minimum atomic E-state index is -3.86. The molecule has 1 aromatic heterocycles. The van der Waals surface area contributed by atoms with Gasteiger partial charge < -0.3 is 5.32 Å². The number of rotatable bonds is 2. The minimum Gasteiger partial charge on any atom is -0.323 e. The first kappa shape index (κ1) is 13.6. The zero-order valence-electron chi connectivity index (χ0n) is 10.6. The van der Waals surface area contributed by atoms with E-state index in [2.05, 4.69) is 5.32 Å². The van der Waals surface area contributed by atoms with Gasteiger partial charge in [0.1, 0.15) is 21.7 Å². The summed E-state index contributed by atoms with van der Waals surface area (Å²) in [7, 11) is -3.86. The summed E-state index contributed by atoms with van der Waals surface area (Å²) in [5, 5.41) is 11.5. The van der Waals surface area contributed by atoms with Crippen LogP contribution in [0.5, 0.6) is 0 Å². The topological polar surface area (TPSA) is 90.3 Å². The fourth-order valence-electron chi connectivity index (χ4n) is 2.04. The second kappa shape index (κ2) is 4.87. The normalized spacial score (nSPS) is 14.2. The molecule has 1 amide bonds. The van der Waals surface area contributed by atoms with Crippen molar-refractivity contribution in [2.75, 3.05) is 16.2 Å². The molecule has 6 nitrogen and oxygen atoms in total. The summed E-state index contributed by atoms with van der Waals surface area (Å²) in [6, 6.07) is 11.4. The molecular weight excluding hydrogens is 310 g/mol. The number of nitrogens with one attached hydrogen (secondary N) is 1. The van der Waals surface area contributed by atoms with Crippen molar-refractivity contribution in [3.63, 3.8) is 0 Å². The Morgan fingerprint density at radius 3 is 2.71 bits per heavy atom. The number of benzene rings is 1. The minimum absolute atomic E-state index is 0.0450. The summed E-state index contributed by atoms with van der Waals surface area (Å²) in [5.74, 6) is -0.394. The molecule has 0 saturated carbocycles. The third-order valence-electron chi connectivity index (χ3n) is 2.97. The van der Waals surface area contributed by atoms with Crippen molar-refractivity contribution < 1.29 is 13.2 Å². The first-order valence-electron chi connectivity index (χ1n) is 5.94. The first-order chi connectivity index (χ1) is 10.0. The summed E-state index contributed by atoms with van der Waals surface area (Å²) in [4.78, 5) is 12.0. The van der Waals surface area contributed by atoms with Gasteiger partial charge in [-0.2, -0.15) is 5.26 Å². The van der Waals surface area contributed by atoms with Crippen LogP contribution in [0, 0.1) is 11.3 Å². The highest BCUT2D eigenvalue weighted by Gasteiger charge is 2.33. The van der Waals surface area contributed by atoms with Crippen LogP contribution in [0.2, 0.25) is 0 Å². The number of anilines is 2. The molecule has 21 heavy (non-hydrogen) atoms. The van der Waals surface area contributed by atoms with Crippen LogP contribution < -0.4 is 9.62 Å². The average Bonchev–Trinajstić information content (AvgIpc) is 2.96. The molecular formula is C13H9N3O3S2. The van der Waals surface area contributed by atoms with Gasteiger partial charge >= 0.3 is 0 Å². The van der Waals surface area contributed by atoms with E-state index in [1.807, 2.05) is 6.07 Å². The van der Waals surface area contributed by atoms with Crippen LogP contribution in [0.3, 0.4) is 0 Å². The predicted molar refractivity (Wildman–Crippen MR) is 78.6 cm³/mol. The van der Waals surface area contributed by atoms with Crippen LogP contribution in [0.15, 0.2) is 40.6 Å². The number of fused-ring (bicyclic) bond motifs is 1. The van der Waals surface area contributed by atoms with Crippen molar-refractivity contribution in [1.82, 2.24) is 0 Å². The Balaban J connectivity index is 2.11. The van der Waals surface area contributed by atoms with Gasteiger partial charge in [0.25, 0.3) is 10.0 Å². The van der Waals surface area contributed by atoms with E-state index in [4.69, 9.17) is 5.26 Å². The number of sulfonamides is 1. The third kappa shape index (κ3) is 2.26. The maximum atomic E-state index is 12.7. The highest BCUT2D eigenvalue weighted by Crippen LogP contribution is 2.34. The van der Waals surface area contributed by atoms with Gasteiger partial charge in [0.2, 0.25) is 5.91 Å². The molecule has 0 unspecified atom stereocenters. The van der Waals surface area contributed by atoms with E-state index in [1.54, 1.807) is 24.3 Å². The van der Waals surface area contributed by atoms with Gasteiger partial charge in [0.05, 0.1) is 11.4 Å². The maximum absolute atomic E-state index is 12.7. The van der Waals surface area contributed by atoms with Crippen molar-refractivity contribution in [1.29, 1.82) is 5.26 Å². The molecule has 1 aliphatic rings. The molecule has 0 fully saturated rings. The van der Waals surface area contributed by atoms with E-state index in [-0.39, 0.29) is 10.8 Å². The van der Waals surface area contributed by atoms with Gasteiger partial charge in [-0.1, -0.05) is 12.1 Å². The monoisotopic (exact) mass is 319 g/mol. The van der Waals surface area contributed by atoms with Crippen molar-refractivity contribution in [3.05, 3.63) is 41.3 Å². The lowest BCUT2D eigenvalue weighted by atomic mass is 10.2. The number of hydrogen-bond acceptors (Lipinski definition) is 5. The predicted octanol–water partition coefficient (Wildman–Crippen LogP) is 1.77. The quantitative estimate of drug-likeness (QED) is 0.913. The highest BCUT2D eigenvalue weighted by atomic mass is 32.2. The molecule has 0 atom stereocenters. The fraction of sp³-hybridized carbons (Fsp3) is 0.0769. The standard InChI is InChI=1S/C13H9N3O3S2/c14-7-9-5-6-13(20-9)21(18,19)16-8-12(17)15-10-3-1-2-4-11(10)16/h1-6H,8H2,(H,15,17). The molecule has 1 N–H and O–H groups in total. The first-order valence-corrected chi connectivity index (χ1v) is 8.19. The summed E-state index contributed by atoms with van der Waals surface area (Å²) in [6.07, 6.45) is 0. The van der Waals surface area contributed by atoms with Gasteiger partial charge in [-0.15, -0.1) is 11.3 Å². The summed E-state index contributed by atoms with van der Waals surface area (Å²) >= 11 is 0.887. The zero-order valence-corrected chi connectivity index (χ0v) is 12.2. The second-order valence-corrected chi connectivity index (χ2v) is 7.48. The molecule has 0 aliphatic carbocycles. The number of carbonyl (C=O) groups is 1. The number of carbonyl (C=O) groups excluding carboxylic acids is 1. The average molecular weight is 319 g/mol. The van der Waals surface area contributed by atoms with E-state index < -0.39 is 15.9 Å². The lowest BCUT2D eigenvalue weighted by Gasteiger charge is -2.29. The lowest BCUT2D eigenvalue weighted by molar-refractivity contribution is -0.115. The molecule has 1 aromatic carbocycles. The zero-order chi connectivity index (χ0) is 15.0. The molecule has 106 valence electrons. The molecule has 0 saturated heterocycles. The number of para-hydroxylation sites is 2. The van der Waals surface area contributed by atoms with Crippen molar-refractivity contribution in [2.45, 2.75) is 4.21 Å². The van der Waals surface area contributed by atoms with E-state index in [9.17, 15) is 13.2 Å². The van der Waals surface area contributed by atoms with Gasteiger partial charge in [0, 0.05) is 0 Å². The summed E-state index contributed by atoms with van der Waals surface area (Å²) in [6.45, 7) is -0.279. The maximum Gasteiger partial charge on any atom is 0.274 e. The summed E-state index contributed by atoms with van der Waals surface area (Å²) in [5.41, 5.74) is 0.874. The Hall–Kier alpha value is -2.37. The Kier molecular flexibility index (Phi) is 3.16. The largest absolute Gasteiger partial charge is 0.323 e. The molecule has 0 bridgehead atoms. The molecule has 0 spiro atoms. The van der Waals surface area contributed by atoms with Gasteiger partial charge in [-0.25, -0.2) is 8.42 Å². The Morgan fingerprint density at radius 1 is 1.24 bits per heavy atom. The van der Waals surface area contributed by atoms with E-state index in [0.29, 0.717) is 16.3 Å². The third-order valence-corrected chi connectivity index (χ3v) is 6.19. The van der Waals surface area contributed by atoms with E-state index >= 15 is 0 Å². The van der Waals surface area contributed by atoms with Crippen LogP contribution in [0.25, 0.3) is 0 Å². The van der Waals surface area contributed by atoms with Gasteiger partial charge in [0.15, 0.2) is 0 Å². The van der Waals surface area contributed by atoms with Crippen molar-refractivity contribution >= 4 is 38.6 Å². The number of amides is 1. The van der Waals surface area contributed by atoms with E-state index in [0.717, 1.165) is 15.6 Å². The molecule has 2 heterocycles.